The van der Waals surface area contributed by atoms with Crippen LogP contribution in [0.4, 0.5) is 0 Å². The van der Waals surface area contributed by atoms with E-state index in [1.165, 1.54) is 11.6 Å². The van der Waals surface area contributed by atoms with E-state index in [1.54, 1.807) is 43.5 Å². The quantitative estimate of drug-likeness (QED) is 0.201. The minimum Gasteiger partial charge on any atom is -0.493 e. The lowest BCUT2D eigenvalue weighted by Gasteiger charge is -2.27. The molecule has 0 aromatic heterocycles. The van der Waals surface area contributed by atoms with Gasteiger partial charge in [0.25, 0.3) is 0 Å². The Bertz CT molecular complexity index is 1660. The maximum atomic E-state index is 12.6. The Morgan fingerprint density at radius 2 is 1.82 bits per heavy atom. The van der Waals surface area contributed by atoms with Crippen molar-refractivity contribution in [3.8, 4) is 29.1 Å². The number of esters is 1. The lowest BCUT2D eigenvalue weighted by molar-refractivity contribution is 0.0734. The van der Waals surface area contributed by atoms with Gasteiger partial charge in [-0.1, -0.05) is 59.6 Å². The summed E-state index contributed by atoms with van der Waals surface area (Å²) < 4.78 is 23.0. The van der Waals surface area contributed by atoms with E-state index in [2.05, 4.69) is 6.07 Å². The van der Waals surface area contributed by atoms with E-state index in [-0.39, 0.29) is 17.2 Å². The van der Waals surface area contributed by atoms with Crippen molar-refractivity contribution in [1.29, 1.82) is 5.26 Å². The number of halogens is 1. The first kappa shape index (κ1) is 26.7. The molecule has 40 heavy (non-hydrogen) atoms. The second-order valence-electron chi connectivity index (χ2n) is 9.21. The molecule has 8 heteroatoms. The van der Waals surface area contributed by atoms with Gasteiger partial charge in [0.1, 0.15) is 29.7 Å². The third kappa shape index (κ3) is 5.58. The van der Waals surface area contributed by atoms with Crippen molar-refractivity contribution in [2.45, 2.75) is 19.4 Å². The summed E-state index contributed by atoms with van der Waals surface area (Å²) in [5.41, 5.74) is 10.4. The van der Waals surface area contributed by atoms with Crippen molar-refractivity contribution >= 4 is 17.6 Å². The van der Waals surface area contributed by atoms with Gasteiger partial charge in [-0.25, -0.2) is 4.79 Å². The van der Waals surface area contributed by atoms with E-state index in [0.717, 1.165) is 11.1 Å². The minimum absolute atomic E-state index is 0.0306. The molecule has 1 heterocycles. The maximum absolute atomic E-state index is 12.6. The van der Waals surface area contributed by atoms with Gasteiger partial charge >= 0.3 is 5.97 Å². The van der Waals surface area contributed by atoms with Crippen LogP contribution in [0.3, 0.4) is 0 Å². The Kier molecular flexibility index (Phi) is 7.63. The van der Waals surface area contributed by atoms with Crippen molar-refractivity contribution in [3.63, 3.8) is 0 Å². The zero-order valence-electron chi connectivity index (χ0n) is 21.8. The summed E-state index contributed by atoms with van der Waals surface area (Å²) in [6.45, 7) is 2.41. The van der Waals surface area contributed by atoms with Crippen LogP contribution in [0, 0.1) is 18.3 Å². The molecule has 0 spiro atoms. The number of rotatable bonds is 7. The molecular formula is C32H25ClN2O5. The zero-order chi connectivity index (χ0) is 28.2. The van der Waals surface area contributed by atoms with E-state index in [9.17, 15) is 10.1 Å². The fourth-order valence-corrected chi connectivity index (χ4v) is 4.64. The van der Waals surface area contributed by atoms with E-state index < -0.39 is 11.9 Å². The molecule has 0 saturated carbocycles. The fraction of sp³-hybridized carbons (Fsp3) is 0.125. The SMILES string of the molecule is COc1cc(C2C(C#N)=C(N)Oc3cc(OC(=O)c4cccc(Cl)c4)ccc32)ccc1OCc1ccc(C)cc1. The molecule has 0 bridgehead atoms. The van der Waals surface area contributed by atoms with Crippen LogP contribution in [0.5, 0.6) is 23.0 Å². The molecule has 2 N–H and O–H groups in total. The average molecular weight is 553 g/mol. The summed E-state index contributed by atoms with van der Waals surface area (Å²) in [5.74, 6) is 0.577. The molecule has 0 saturated heterocycles. The monoisotopic (exact) mass is 552 g/mol. The van der Waals surface area contributed by atoms with Crippen LogP contribution >= 0.6 is 11.6 Å². The molecule has 5 rings (SSSR count). The molecule has 7 nitrogen and oxygen atoms in total. The van der Waals surface area contributed by atoms with Crippen molar-refractivity contribution < 1.29 is 23.7 Å². The van der Waals surface area contributed by atoms with Gasteiger partial charge in [0.05, 0.1) is 18.6 Å². The van der Waals surface area contributed by atoms with Gasteiger partial charge < -0.3 is 24.7 Å². The van der Waals surface area contributed by atoms with Gasteiger partial charge in [-0.15, -0.1) is 0 Å². The molecule has 0 amide bonds. The van der Waals surface area contributed by atoms with Crippen molar-refractivity contribution in [2.24, 2.45) is 5.73 Å². The fourth-order valence-electron chi connectivity index (χ4n) is 4.45. The first-order chi connectivity index (χ1) is 19.4. The molecule has 0 fully saturated rings. The second-order valence-corrected chi connectivity index (χ2v) is 9.65. The van der Waals surface area contributed by atoms with Crippen LogP contribution in [0.1, 0.15) is 38.5 Å². The molecule has 0 aliphatic carbocycles. The van der Waals surface area contributed by atoms with Gasteiger partial charge in [-0.05, 0) is 54.4 Å². The van der Waals surface area contributed by atoms with Gasteiger partial charge in [-0.2, -0.15) is 5.26 Å². The largest absolute Gasteiger partial charge is 0.493 e. The van der Waals surface area contributed by atoms with Crippen LogP contribution < -0.4 is 24.7 Å². The van der Waals surface area contributed by atoms with E-state index >= 15 is 0 Å². The highest BCUT2D eigenvalue weighted by atomic mass is 35.5. The highest BCUT2D eigenvalue weighted by molar-refractivity contribution is 6.30. The summed E-state index contributed by atoms with van der Waals surface area (Å²) in [5, 5.41) is 10.4. The van der Waals surface area contributed by atoms with Crippen LogP contribution in [-0.4, -0.2) is 13.1 Å². The minimum atomic E-state index is -0.568. The van der Waals surface area contributed by atoms with Crippen LogP contribution in [0.15, 0.2) is 96.4 Å². The van der Waals surface area contributed by atoms with Crippen LogP contribution in [0.2, 0.25) is 5.02 Å². The Morgan fingerprint density at radius 3 is 2.55 bits per heavy atom. The van der Waals surface area contributed by atoms with Crippen LogP contribution in [0.25, 0.3) is 0 Å². The highest BCUT2D eigenvalue weighted by Crippen LogP contribution is 2.45. The van der Waals surface area contributed by atoms with Crippen molar-refractivity contribution in [2.75, 3.05) is 7.11 Å². The van der Waals surface area contributed by atoms with Gasteiger partial charge in [0, 0.05) is 16.7 Å². The summed E-state index contributed by atoms with van der Waals surface area (Å²) in [4.78, 5) is 12.6. The lowest BCUT2D eigenvalue weighted by Crippen LogP contribution is -2.21. The smallest absolute Gasteiger partial charge is 0.343 e. The molecule has 1 unspecified atom stereocenters. The molecule has 1 aliphatic rings. The maximum Gasteiger partial charge on any atom is 0.343 e. The third-order valence-corrected chi connectivity index (χ3v) is 6.73. The lowest BCUT2D eigenvalue weighted by atomic mass is 9.83. The van der Waals surface area contributed by atoms with Crippen LogP contribution in [-0.2, 0) is 6.61 Å². The molecule has 4 aromatic carbocycles. The first-order valence-electron chi connectivity index (χ1n) is 12.4. The Balaban J connectivity index is 1.43. The number of carbonyl (C=O) groups is 1. The summed E-state index contributed by atoms with van der Waals surface area (Å²) in [7, 11) is 1.56. The number of nitriles is 1. The number of hydrogen-bond donors (Lipinski definition) is 1. The van der Waals surface area contributed by atoms with Gasteiger partial charge in [-0.3, -0.25) is 0 Å². The topological polar surface area (TPSA) is 104 Å². The summed E-state index contributed by atoms with van der Waals surface area (Å²) in [6.07, 6.45) is 0. The Morgan fingerprint density at radius 1 is 1.02 bits per heavy atom. The molecule has 1 atom stereocenters. The predicted molar refractivity (Wildman–Crippen MR) is 151 cm³/mol. The number of nitrogens with zero attached hydrogens (tertiary/aromatic N) is 1. The van der Waals surface area contributed by atoms with E-state index in [1.807, 2.05) is 49.4 Å². The molecule has 0 radical (unpaired) electrons. The average Bonchev–Trinajstić information content (AvgIpc) is 2.96. The molecule has 200 valence electrons. The summed E-state index contributed by atoms with van der Waals surface area (Å²) in [6, 6.07) is 27.2. The number of ether oxygens (including phenoxy) is 4. The number of hydrogen-bond acceptors (Lipinski definition) is 7. The number of aryl methyl sites for hydroxylation is 1. The number of benzene rings is 4. The normalized spacial score (nSPS) is 14.0. The predicted octanol–water partition coefficient (Wildman–Crippen LogP) is 6.67. The number of allylic oxidation sites excluding steroid dienone is 1. The molecular weight excluding hydrogens is 528 g/mol. The number of nitrogens with two attached hydrogens (primary N) is 1. The van der Waals surface area contributed by atoms with Gasteiger partial charge in [0.15, 0.2) is 11.5 Å². The van der Waals surface area contributed by atoms with E-state index in [0.29, 0.717) is 40.0 Å². The number of methoxy groups -OCH3 is 1. The third-order valence-electron chi connectivity index (χ3n) is 6.50. The van der Waals surface area contributed by atoms with Gasteiger partial charge in [0.2, 0.25) is 5.88 Å². The second kappa shape index (κ2) is 11.4. The summed E-state index contributed by atoms with van der Waals surface area (Å²) >= 11 is 6.00. The Hall–Kier alpha value is -4.93. The van der Waals surface area contributed by atoms with E-state index in [4.69, 9.17) is 36.3 Å². The van der Waals surface area contributed by atoms with Crippen molar-refractivity contribution in [3.05, 3.63) is 129 Å². The number of fused-ring (bicyclic) bond motifs is 1. The zero-order valence-corrected chi connectivity index (χ0v) is 22.6. The molecule has 1 aliphatic heterocycles. The number of carbonyl (C=O) groups excluding carboxylic acids is 1. The van der Waals surface area contributed by atoms with Crippen molar-refractivity contribution in [1.82, 2.24) is 0 Å². The Labute approximate surface area is 236 Å². The standard InChI is InChI=1S/C32H25ClN2O5/c1-19-6-8-20(9-7-19)18-38-27-13-10-21(15-29(27)37-2)30-25-12-11-24(16-28(25)40-31(35)26(30)17-34)39-32(36)22-4-3-5-23(33)14-22/h3-16,30H,18,35H2,1-2H3. The molecule has 4 aromatic rings. The first-order valence-corrected chi connectivity index (χ1v) is 12.8. The highest BCUT2D eigenvalue weighted by Gasteiger charge is 2.32.